The van der Waals surface area contributed by atoms with E-state index < -0.39 is 16.6 Å². The Morgan fingerprint density at radius 1 is 1.29 bits per heavy atom. The molecule has 0 unspecified atom stereocenters. The van der Waals surface area contributed by atoms with Crippen LogP contribution in [0.15, 0.2) is 40.5 Å². The average molecular weight is 500 g/mol. The van der Waals surface area contributed by atoms with Gasteiger partial charge in [-0.25, -0.2) is 9.37 Å². The number of halogens is 1. The molecule has 35 heavy (non-hydrogen) atoms. The number of hydrogen-bond donors (Lipinski definition) is 1. The third-order valence-corrected chi connectivity index (χ3v) is 7.04. The minimum atomic E-state index is -0.702. The lowest BCUT2D eigenvalue weighted by Crippen LogP contribution is -2.16. The van der Waals surface area contributed by atoms with Crippen LogP contribution in [0.3, 0.4) is 0 Å². The predicted molar refractivity (Wildman–Crippen MR) is 129 cm³/mol. The molecule has 2 aromatic heterocycles. The van der Waals surface area contributed by atoms with E-state index in [-0.39, 0.29) is 23.0 Å². The predicted octanol–water partition coefficient (Wildman–Crippen LogP) is 4.38. The number of nitrogens with zero attached hydrogens (tertiary/aromatic N) is 6. The zero-order chi connectivity index (χ0) is 25.1. The van der Waals surface area contributed by atoms with Gasteiger partial charge in [-0.3, -0.25) is 14.9 Å². The molecule has 0 atom stereocenters. The van der Waals surface area contributed by atoms with Crippen molar-refractivity contribution in [2.75, 3.05) is 19.4 Å². The Kier molecular flexibility index (Phi) is 7.41. The maximum atomic E-state index is 14.8. The zero-order valence-electron chi connectivity index (χ0n) is 19.7. The van der Waals surface area contributed by atoms with E-state index in [2.05, 4.69) is 20.5 Å². The van der Waals surface area contributed by atoms with Gasteiger partial charge in [-0.1, -0.05) is 12.8 Å². The van der Waals surface area contributed by atoms with E-state index in [1.807, 2.05) is 19.0 Å². The molecule has 0 radical (unpaired) electrons. The Morgan fingerprint density at radius 2 is 2.03 bits per heavy atom. The molecule has 12 heteroatoms. The van der Waals surface area contributed by atoms with Gasteiger partial charge >= 0.3 is 0 Å². The Bertz CT molecular complexity index is 1260. The normalized spacial score (nSPS) is 14.0. The zero-order valence-corrected chi connectivity index (χ0v) is 20.5. The topological polar surface area (TPSA) is 119 Å². The fourth-order valence-corrected chi connectivity index (χ4v) is 4.97. The number of benzene rings is 1. The first kappa shape index (κ1) is 24.7. The van der Waals surface area contributed by atoms with Crippen LogP contribution in [0.2, 0.25) is 0 Å². The van der Waals surface area contributed by atoms with Crippen molar-refractivity contribution in [3.8, 4) is 0 Å². The van der Waals surface area contributed by atoms with E-state index in [4.69, 9.17) is 0 Å². The number of amides is 1. The van der Waals surface area contributed by atoms with Crippen LogP contribution in [0.5, 0.6) is 0 Å². The van der Waals surface area contributed by atoms with Crippen molar-refractivity contribution in [3.63, 3.8) is 0 Å². The van der Waals surface area contributed by atoms with Crippen molar-refractivity contribution >= 4 is 29.2 Å². The summed E-state index contributed by atoms with van der Waals surface area (Å²) in [5.74, 6) is -0.550. The Balaban J connectivity index is 1.60. The molecule has 0 bridgehead atoms. The van der Waals surface area contributed by atoms with Crippen molar-refractivity contribution < 1.29 is 14.1 Å². The van der Waals surface area contributed by atoms with Gasteiger partial charge in [0.05, 0.1) is 17.0 Å². The molecule has 184 valence electrons. The van der Waals surface area contributed by atoms with Crippen molar-refractivity contribution in [1.29, 1.82) is 0 Å². The molecule has 10 nitrogen and oxygen atoms in total. The smallest absolute Gasteiger partial charge is 0.270 e. The number of pyridine rings is 1. The number of anilines is 1. The second-order valence-electron chi connectivity index (χ2n) is 8.77. The molecule has 3 aromatic rings. The third kappa shape index (κ3) is 5.65. The molecule has 1 saturated carbocycles. The van der Waals surface area contributed by atoms with Crippen LogP contribution in [0.4, 0.5) is 15.9 Å². The maximum Gasteiger partial charge on any atom is 0.270 e. The van der Waals surface area contributed by atoms with E-state index in [9.17, 15) is 19.3 Å². The molecule has 1 aromatic carbocycles. The van der Waals surface area contributed by atoms with Crippen LogP contribution in [0.1, 0.15) is 53.3 Å². The van der Waals surface area contributed by atoms with E-state index >= 15 is 0 Å². The first-order valence-corrected chi connectivity index (χ1v) is 12.0. The molecule has 1 amide bonds. The molecule has 0 aliphatic heterocycles. The number of hydrogen-bond acceptors (Lipinski definition) is 8. The van der Waals surface area contributed by atoms with E-state index in [0.717, 1.165) is 48.8 Å². The van der Waals surface area contributed by atoms with Gasteiger partial charge < -0.3 is 14.8 Å². The highest BCUT2D eigenvalue weighted by Crippen LogP contribution is 2.35. The van der Waals surface area contributed by atoms with Crippen molar-refractivity contribution in [1.82, 2.24) is 24.6 Å². The number of nitrogens with one attached hydrogen (secondary N) is 1. The minimum Gasteiger partial charge on any atom is -0.308 e. The summed E-state index contributed by atoms with van der Waals surface area (Å²) in [6, 6.07) is 5.36. The third-order valence-electron chi connectivity index (χ3n) is 5.92. The van der Waals surface area contributed by atoms with Crippen LogP contribution in [-0.2, 0) is 13.6 Å². The number of nitro benzene ring substituents is 1. The summed E-state index contributed by atoms with van der Waals surface area (Å²) in [6.07, 6.45) is 5.81. The van der Waals surface area contributed by atoms with E-state index in [1.54, 1.807) is 17.8 Å². The molecule has 1 aliphatic rings. The van der Waals surface area contributed by atoms with Gasteiger partial charge in [0.15, 0.2) is 16.8 Å². The Morgan fingerprint density at radius 3 is 2.69 bits per heavy atom. The Hall–Kier alpha value is -3.38. The van der Waals surface area contributed by atoms with Gasteiger partial charge in [0, 0.05) is 30.3 Å². The molecule has 0 saturated heterocycles. The SMILES string of the molecule is CN(C)Cc1nnc(Sc2ccc([N+](=O)[O-])cc2C(=O)Nc2ncc(C3CCCC3)cc2F)n1C. The number of nitro groups is 1. The van der Waals surface area contributed by atoms with Gasteiger partial charge in [0.2, 0.25) is 0 Å². The summed E-state index contributed by atoms with van der Waals surface area (Å²) in [4.78, 5) is 30.4. The van der Waals surface area contributed by atoms with Crippen LogP contribution in [0, 0.1) is 15.9 Å². The highest BCUT2D eigenvalue weighted by Gasteiger charge is 2.23. The molecule has 1 N–H and O–H groups in total. The second-order valence-corrected chi connectivity index (χ2v) is 9.78. The number of rotatable bonds is 8. The van der Waals surface area contributed by atoms with E-state index in [1.165, 1.54) is 24.3 Å². The molecule has 1 aliphatic carbocycles. The molecular formula is C23H26FN7O3S. The Labute approximate surface area is 206 Å². The quantitative estimate of drug-likeness (QED) is 0.358. The summed E-state index contributed by atoms with van der Waals surface area (Å²) in [5.41, 5.74) is 0.582. The number of non-ortho nitro benzene ring substituents is 1. The van der Waals surface area contributed by atoms with E-state index in [0.29, 0.717) is 16.6 Å². The summed E-state index contributed by atoms with van der Waals surface area (Å²) >= 11 is 1.14. The number of carbonyl (C=O) groups is 1. The lowest BCUT2D eigenvalue weighted by Gasteiger charge is -2.13. The summed E-state index contributed by atoms with van der Waals surface area (Å²) in [5, 5.41) is 22.7. The molecule has 4 rings (SSSR count). The molecule has 1 fully saturated rings. The first-order valence-electron chi connectivity index (χ1n) is 11.2. The lowest BCUT2D eigenvalue weighted by atomic mass is 9.99. The molecule has 2 heterocycles. The number of aromatic nitrogens is 4. The van der Waals surface area contributed by atoms with Crippen LogP contribution in [0.25, 0.3) is 0 Å². The fraction of sp³-hybridized carbons (Fsp3) is 0.391. The maximum absolute atomic E-state index is 14.8. The van der Waals surface area contributed by atoms with Gasteiger partial charge in [0.25, 0.3) is 11.6 Å². The largest absolute Gasteiger partial charge is 0.308 e. The highest BCUT2D eigenvalue weighted by molar-refractivity contribution is 7.99. The monoisotopic (exact) mass is 499 g/mol. The van der Waals surface area contributed by atoms with Crippen molar-refractivity contribution in [2.24, 2.45) is 7.05 Å². The lowest BCUT2D eigenvalue weighted by molar-refractivity contribution is -0.384. The average Bonchev–Trinajstić information content (AvgIpc) is 3.46. The van der Waals surface area contributed by atoms with Gasteiger partial charge in [0.1, 0.15) is 5.82 Å². The summed E-state index contributed by atoms with van der Waals surface area (Å²) in [7, 11) is 5.62. The van der Waals surface area contributed by atoms with Crippen LogP contribution in [-0.4, -0.2) is 49.6 Å². The van der Waals surface area contributed by atoms with Gasteiger partial charge in [-0.15, -0.1) is 10.2 Å². The minimum absolute atomic E-state index is 0.0161. The molecule has 0 spiro atoms. The van der Waals surface area contributed by atoms with Crippen molar-refractivity contribution in [2.45, 2.75) is 48.2 Å². The molecular weight excluding hydrogens is 473 g/mol. The van der Waals surface area contributed by atoms with Crippen LogP contribution >= 0.6 is 11.8 Å². The standard InChI is InChI=1S/C23H26FN7O3S/c1-29(2)13-20-27-28-23(30(20)3)35-19-9-8-16(31(33)34)11-17(19)22(32)26-21-18(24)10-15(12-25-21)14-6-4-5-7-14/h8-12,14H,4-7,13H2,1-3H3,(H,25,26,32). The van der Waals surface area contributed by atoms with Gasteiger partial charge in [-0.05, 0) is 62.3 Å². The summed E-state index contributed by atoms with van der Waals surface area (Å²) in [6.45, 7) is 0.569. The summed E-state index contributed by atoms with van der Waals surface area (Å²) < 4.78 is 16.6. The highest BCUT2D eigenvalue weighted by atomic mass is 32.2. The van der Waals surface area contributed by atoms with Gasteiger partial charge in [-0.2, -0.15) is 0 Å². The second kappa shape index (κ2) is 10.5. The van der Waals surface area contributed by atoms with Crippen molar-refractivity contribution in [3.05, 3.63) is 63.3 Å². The van der Waals surface area contributed by atoms with Crippen LogP contribution < -0.4 is 5.32 Å². The number of carbonyl (C=O) groups excluding carboxylic acids is 1. The fourth-order valence-electron chi connectivity index (χ4n) is 4.05. The first-order chi connectivity index (χ1) is 16.7.